The first-order valence-electron chi connectivity index (χ1n) is 8.90. The molecule has 1 fully saturated rings. The zero-order chi connectivity index (χ0) is 18.9. The number of rotatable bonds is 4. The minimum atomic E-state index is -4.39. The Bertz CT molecular complexity index is 578. The van der Waals surface area contributed by atoms with E-state index >= 15 is 0 Å². The fourth-order valence-corrected chi connectivity index (χ4v) is 3.62. The summed E-state index contributed by atoms with van der Waals surface area (Å²) in [7, 11) is 4.15. The fraction of sp³-hybridized carbons (Fsp3) is 0.737. The highest BCUT2D eigenvalue weighted by molar-refractivity contribution is 5.14. The summed E-state index contributed by atoms with van der Waals surface area (Å²) in [6, 6.07) is 4.19. The molecule has 1 saturated heterocycles. The zero-order valence-electron chi connectivity index (χ0n) is 16.0. The van der Waals surface area contributed by atoms with E-state index in [1.165, 1.54) is 6.07 Å². The maximum absolute atomic E-state index is 12.9. The van der Waals surface area contributed by atoms with Crippen LogP contribution in [0, 0.1) is 0 Å². The average molecular weight is 357 g/mol. The number of likely N-dealkylation sites (N-methyl/N-ethyl adjacent to an activating group) is 1. The molecular weight excluding hydrogens is 327 g/mol. The van der Waals surface area contributed by atoms with Gasteiger partial charge in [0.15, 0.2) is 0 Å². The minimum absolute atomic E-state index is 0.0263. The first-order valence-corrected chi connectivity index (χ1v) is 8.90. The number of nitrogens with zero attached hydrogens (tertiary/aromatic N) is 3. The van der Waals surface area contributed by atoms with Gasteiger partial charge in [-0.1, -0.05) is 6.07 Å². The fourth-order valence-electron chi connectivity index (χ4n) is 3.62. The summed E-state index contributed by atoms with van der Waals surface area (Å²) in [5, 5.41) is 0. The number of alkyl halides is 3. The minimum Gasteiger partial charge on any atom is -0.302 e. The van der Waals surface area contributed by atoms with Crippen molar-refractivity contribution in [2.45, 2.75) is 63.7 Å². The van der Waals surface area contributed by atoms with Gasteiger partial charge in [0.25, 0.3) is 0 Å². The van der Waals surface area contributed by atoms with Crippen LogP contribution in [-0.4, -0.2) is 53.0 Å². The van der Waals surface area contributed by atoms with E-state index in [1.807, 2.05) is 0 Å². The van der Waals surface area contributed by atoms with Crippen LogP contribution in [0.15, 0.2) is 18.2 Å². The molecule has 3 nitrogen and oxygen atoms in total. The van der Waals surface area contributed by atoms with Crippen LogP contribution >= 0.6 is 0 Å². The van der Waals surface area contributed by atoms with E-state index in [-0.39, 0.29) is 11.1 Å². The smallest absolute Gasteiger partial charge is 0.302 e. The van der Waals surface area contributed by atoms with E-state index in [0.29, 0.717) is 12.1 Å². The molecular formula is C19H30F3N3. The standard InChI is InChI=1S/C19H30F3N3/c1-17(2,3)25-13-7-11-18(14-25,24(4)5)12-10-15-8-6-9-16(23-15)19(20,21)22/h6,8-9H,7,10-14H2,1-5H3/t18-/m1/s1. The molecule has 1 atom stereocenters. The van der Waals surface area contributed by atoms with Crippen LogP contribution < -0.4 is 0 Å². The Hall–Kier alpha value is -1.14. The molecule has 0 N–H and O–H groups in total. The van der Waals surface area contributed by atoms with Crippen molar-refractivity contribution in [3.63, 3.8) is 0 Å². The molecule has 1 aromatic rings. The predicted octanol–water partition coefficient (Wildman–Crippen LogP) is 4.23. The van der Waals surface area contributed by atoms with Gasteiger partial charge in [-0.3, -0.25) is 4.90 Å². The van der Waals surface area contributed by atoms with E-state index in [2.05, 4.69) is 49.7 Å². The summed E-state index contributed by atoms with van der Waals surface area (Å²) in [6.45, 7) is 8.65. The summed E-state index contributed by atoms with van der Waals surface area (Å²) < 4.78 is 38.6. The number of aromatic nitrogens is 1. The van der Waals surface area contributed by atoms with Crippen LogP contribution in [0.2, 0.25) is 0 Å². The van der Waals surface area contributed by atoms with Crippen molar-refractivity contribution < 1.29 is 13.2 Å². The summed E-state index contributed by atoms with van der Waals surface area (Å²) >= 11 is 0. The average Bonchev–Trinajstić information content (AvgIpc) is 2.52. The van der Waals surface area contributed by atoms with Crippen molar-refractivity contribution in [3.8, 4) is 0 Å². The Morgan fingerprint density at radius 3 is 2.44 bits per heavy atom. The Morgan fingerprint density at radius 2 is 1.88 bits per heavy atom. The van der Waals surface area contributed by atoms with E-state index in [4.69, 9.17) is 0 Å². The van der Waals surface area contributed by atoms with Gasteiger partial charge < -0.3 is 4.90 Å². The molecule has 1 aliphatic heterocycles. The highest BCUT2D eigenvalue weighted by Gasteiger charge is 2.40. The van der Waals surface area contributed by atoms with Crippen LogP contribution in [0.4, 0.5) is 13.2 Å². The number of hydrogen-bond donors (Lipinski definition) is 0. The highest BCUT2D eigenvalue weighted by atomic mass is 19.4. The van der Waals surface area contributed by atoms with Gasteiger partial charge in [-0.25, -0.2) is 4.98 Å². The molecule has 0 saturated carbocycles. The Labute approximate surface area is 149 Å². The monoisotopic (exact) mass is 357 g/mol. The van der Waals surface area contributed by atoms with Gasteiger partial charge in [0.2, 0.25) is 0 Å². The van der Waals surface area contributed by atoms with Gasteiger partial charge in [0.05, 0.1) is 0 Å². The van der Waals surface area contributed by atoms with E-state index < -0.39 is 11.9 Å². The highest BCUT2D eigenvalue weighted by Crippen LogP contribution is 2.34. The normalized spacial score (nSPS) is 23.2. The molecule has 0 radical (unpaired) electrons. The van der Waals surface area contributed by atoms with Crippen LogP contribution in [0.3, 0.4) is 0 Å². The van der Waals surface area contributed by atoms with Crippen LogP contribution in [0.1, 0.15) is 51.4 Å². The number of likely N-dealkylation sites (tertiary alicyclic amines) is 1. The van der Waals surface area contributed by atoms with Crippen LogP contribution in [0.5, 0.6) is 0 Å². The summed E-state index contributed by atoms with van der Waals surface area (Å²) in [5.41, 5.74) is -0.217. The lowest BCUT2D eigenvalue weighted by Gasteiger charge is -2.51. The maximum atomic E-state index is 12.9. The number of aryl methyl sites for hydroxylation is 1. The molecule has 25 heavy (non-hydrogen) atoms. The lowest BCUT2D eigenvalue weighted by molar-refractivity contribution is -0.141. The third-order valence-electron chi connectivity index (χ3n) is 5.40. The number of pyridine rings is 1. The summed E-state index contributed by atoms with van der Waals surface area (Å²) in [6.07, 6.45) is -0.860. The Morgan fingerprint density at radius 1 is 1.20 bits per heavy atom. The lowest BCUT2D eigenvalue weighted by atomic mass is 9.81. The van der Waals surface area contributed by atoms with Gasteiger partial charge in [-0.05, 0) is 79.2 Å². The molecule has 142 valence electrons. The van der Waals surface area contributed by atoms with Crippen molar-refractivity contribution in [1.29, 1.82) is 0 Å². The molecule has 0 aromatic carbocycles. The number of hydrogen-bond acceptors (Lipinski definition) is 3. The third-order valence-corrected chi connectivity index (χ3v) is 5.40. The number of halogens is 3. The lowest BCUT2D eigenvalue weighted by Crippen LogP contribution is -2.60. The van der Waals surface area contributed by atoms with E-state index in [1.54, 1.807) is 6.07 Å². The third kappa shape index (κ3) is 4.94. The largest absolute Gasteiger partial charge is 0.433 e. The molecule has 0 aliphatic carbocycles. The summed E-state index contributed by atoms with van der Waals surface area (Å²) in [4.78, 5) is 8.56. The van der Waals surface area contributed by atoms with Crippen molar-refractivity contribution in [3.05, 3.63) is 29.6 Å². The van der Waals surface area contributed by atoms with Crippen molar-refractivity contribution in [1.82, 2.24) is 14.8 Å². The van der Waals surface area contributed by atoms with Gasteiger partial charge >= 0.3 is 6.18 Å². The van der Waals surface area contributed by atoms with Gasteiger partial charge in [0, 0.05) is 23.3 Å². The van der Waals surface area contributed by atoms with E-state index in [0.717, 1.165) is 38.4 Å². The molecule has 1 aliphatic rings. The summed E-state index contributed by atoms with van der Waals surface area (Å²) in [5.74, 6) is 0. The molecule has 1 aromatic heterocycles. The van der Waals surface area contributed by atoms with Crippen LogP contribution in [-0.2, 0) is 12.6 Å². The van der Waals surface area contributed by atoms with Crippen molar-refractivity contribution >= 4 is 0 Å². The van der Waals surface area contributed by atoms with Gasteiger partial charge in [-0.2, -0.15) is 13.2 Å². The quantitative estimate of drug-likeness (QED) is 0.804. The number of piperidine rings is 1. The second-order valence-electron chi connectivity index (χ2n) is 8.33. The second-order valence-corrected chi connectivity index (χ2v) is 8.33. The topological polar surface area (TPSA) is 19.4 Å². The maximum Gasteiger partial charge on any atom is 0.433 e. The molecule has 0 spiro atoms. The van der Waals surface area contributed by atoms with Gasteiger partial charge in [0.1, 0.15) is 5.69 Å². The molecule has 0 bridgehead atoms. The predicted molar refractivity (Wildman–Crippen MR) is 94.5 cm³/mol. The van der Waals surface area contributed by atoms with Crippen molar-refractivity contribution in [2.75, 3.05) is 27.2 Å². The first-order chi connectivity index (χ1) is 11.4. The Balaban J connectivity index is 2.15. The molecule has 2 rings (SSSR count). The van der Waals surface area contributed by atoms with Gasteiger partial charge in [-0.15, -0.1) is 0 Å². The molecule has 6 heteroatoms. The Kier molecular flexibility index (Phi) is 5.84. The second kappa shape index (κ2) is 7.23. The zero-order valence-corrected chi connectivity index (χ0v) is 16.0. The molecule has 0 unspecified atom stereocenters. The molecule has 0 amide bonds. The van der Waals surface area contributed by atoms with Crippen molar-refractivity contribution in [2.24, 2.45) is 0 Å². The van der Waals surface area contributed by atoms with E-state index in [9.17, 15) is 13.2 Å². The first kappa shape index (κ1) is 20.2. The SMILES string of the molecule is CN(C)[C@@]1(CCc2cccc(C(F)(F)F)n2)CCCN(C(C)(C)C)C1. The molecule has 2 heterocycles. The van der Waals surface area contributed by atoms with Crippen LogP contribution in [0.25, 0.3) is 0 Å².